The molecule has 0 aliphatic carbocycles. The van der Waals surface area contributed by atoms with E-state index >= 15 is 0 Å². The third-order valence-electron chi connectivity index (χ3n) is 1.71. The Morgan fingerprint density at radius 1 is 1.12 bits per heavy atom. The molecule has 2 amide bonds. The van der Waals surface area contributed by atoms with E-state index in [1.54, 1.807) is 5.43 Å². The Morgan fingerprint density at radius 3 is 2.19 bits per heavy atom. The molecule has 0 aromatic heterocycles. The van der Waals surface area contributed by atoms with E-state index in [4.69, 9.17) is 5.84 Å². The van der Waals surface area contributed by atoms with Gasteiger partial charge in [-0.3, -0.25) is 15.0 Å². The number of hydrogen-bond acceptors (Lipinski definition) is 3. The van der Waals surface area contributed by atoms with Crippen LogP contribution < -0.4 is 16.6 Å². The second-order valence-electron chi connectivity index (χ2n) is 2.93. The molecule has 0 fully saturated rings. The minimum atomic E-state index is -1.03. The third-order valence-corrected chi connectivity index (χ3v) is 1.71. The van der Waals surface area contributed by atoms with Crippen LogP contribution >= 0.6 is 0 Å². The van der Waals surface area contributed by atoms with Crippen molar-refractivity contribution in [2.75, 3.05) is 0 Å². The molecule has 4 N–H and O–H groups in total. The predicted octanol–water partition coefficient (Wildman–Crippen LogP) is -0.429. The van der Waals surface area contributed by atoms with Crippen molar-refractivity contribution in [1.29, 1.82) is 0 Å². The first-order chi connectivity index (χ1) is 7.52. The second-order valence-corrected chi connectivity index (χ2v) is 2.93. The lowest BCUT2D eigenvalue weighted by Gasteiger charge is -2.04. The molecule has 1 aromatic carbocycles. The average molecular weight is 229 g/mol. The van der Waals surface area contributed by atoms with E-state index < -0.39 is 23.4 Å². The van der Waals surface area contributed by atoms with Gasteiger partial charge in [-0.15, -0.1) is 0 Å². The predicted molar refractivity (Wildman–Crippen MR) is 50.5 cm³/mol. The zero-order chi connectivity index (χ0) is 12.1. The summed E-state index contributed by atoms with van der Waals surface area (Å²) in [4.78, 5) is 21.6. The van der Waals surface area contributed by atoms with Crippen molar-refractivity contribution in [2.24, 2.45) is 5.84 Å². The largest absolute Gasteiger partial charge is 0.344 e. The molecule has 0 bridgehead atoms. The van der Waals surface area contributed by atoms with Gasteiger partial charge in [-0.05, 0) is 17.7 Å². The van der Waals surface area contributed by atoms with Crippen LogP contribution in [0.3, 0.4) is 0 Å². The SMILES string of the molecule is NNC(=O)C(=O)NCc1cc(F)cc(F)c1. The summed E-state index contributed by atoms with van der Waals surface area (Å²) in [5.74, 6) is 1.19. The highest BCUT2D eigenvalue weighted by Crippen LogP contribution is 2.07. The van der Waals surface area contributed by atoms with Gasteiger partial charge in [0.25, 0.3) is 0 Å². The van der Waals surface area contributed by atoms with E-state index in [-0.39, 0.29) is 12.1 Å². The number of benzene rings is 1. The summed E-state index contributed by atoms with van der Waals surface area (Å²) in [5.41, 5.74) is 1.83. The Morgan fingerprint density at radius 2 is 1.69 bits per heavy atom. The van der Waals surface area contributed by atoms with E-state index in [2.05, 4.69) is 5.32 Å². The molecule has 16 heavy (non-hydrogen) atoms. The van der Waals surface area contributed by atoms with Gasteiger partial charge in [0.2, 0.25) is 0 Å². The van der Waals surface area contributed by atoms with Crippen LogP contribution in [-0.4, -0.2) is 11.8 Å². The lowest BCUT2D eigenvalue weighted by molar-refractivity contribution is -0.139. The number of amides is 2. The van der Waals surface area contributed by atoms with Crippen molar-refractivity contribution >= 4 is 11.8 Å². The minimum absolute atomic E-state index is 0.166. The first kappa shape index (κ1) is 12.1. The van der Waals surface area contributed by atoms with Gasteiger partial charge >= 0.3 is 11.8 Å². The standard InChI is InChI=1S/C9H9F2N3O2/c10-6-1-5(2-7(11)3-6)4-13-8(15)9(16)14-12/h1-3H,4,12H2,(H,13,15)(H,14,16). The molecule has 0 spiro atoms. The van der Waals surface area contributed by atoms with Gasteiger partial charge in [0, 0.05) is 12.6 Å². The van der Waals surface area contributed by atoms with E-state index in [0.29, 0.717) is 6.07 Å². The highest BCUT2D eigenvalue weighted by atomic mass is 19.1. The summed E-state index contributed by atoms with van der Waals surface area (Å²) in [6.07, 6.45) is 0. The van der Waals surface area contributed by atoms with Crippen LogP contribution in [0.25, 0.3) is 0 Å². The van der Waals surface area contributed by atoms with Gasteiger partial charge in [0.1, 0.15) is 11.6 Å². The summed E-state index contributed by atoms with van der Waals surface area (Å²) in [6, 6.07) is 2.80. The van der Waals surface area contributed by atoms with Crippen LogP contribution in [0.4, 0.5) is 8.78 Å². The summed E-state index contributed by atoms with van der Waals surface area (Å²) >= 11 is 0. The van der Waals surface area contributed by atoms with Crippen LogP contribution in [0.5, 0.6) is 0 Å². The molecular formula is C9H9F2N3O2. The fourth-order valence-electron chi connectivity index (χ4n) is 1.04. The van der Waals surface area contributed by atoms with E-state index in [1.165, 1.54) is 0 Å². The second kappa shape index (κ2) is 5.17. The molecule has 86 valence electrons. The van der Waals surface area contributed by atoms with Gasteiger partial charge in [-0.1, -0.05) is 0 Å². The van der Waals surface area contributed by atoms with Gasteiger partial charge < -0.3 is 5.32 Å². The van der Waals surface area contributed by atoms with Crippen molar-refractivity contribution < 1.29 is 18.4 Å². The molecule has 0 heterocycles. The highest BCUT2D eigenvalue weighted by molar-refractivity contribution is 6.34. The molecule has 0 atom stereocenters. The van der Waals surface area contributed by atoms with Crippen molar-refractivity contribution in [3.8, 4) is 0 Å². The molecule has 7 heteroatoms. The van der Waals surface area contributed by atoms with Gasteiger partial charge in [0.15, 0.2) is 0 Å². The Balaban J connectivity index is 2.61. The zero-order valence-electron chi connectivity index (χ0n) is 8.09. The van der Waals surface area contributed by atoms with Crippen molar-refractivity contribution in [3.05, 3.63) is 35.4 Å². The van der Waals surface area contributed by atoms with Gasteiger partial charge in [-0.2, -0.15) is 0 Å². The smallest absolute Gasteiger partial charge is 0.323 e. The monoisotopic (exact) mass is 229 g/mol. The molecule has 0 saturated heterocycles. The quantitative estimate of drug-likeness (QED) is 0.278. The molecule has 5 nitrogen and oxygen atoms in total. The molecule has 1 aromatic rings. The highest BCUT2D eigenvalue weighted by Gasteiger charge is 2.11. The van der Waals surface area contributed by atoms with Crippen LogP contribution in [0.2, 0.25) is 0 Å². The third kappa shape index (κ3) is 3.28. The Kier molecular flexibility index (Phi) is 3.90. The summed E-state index contributed by atoms with van der Waals surface area (Å²) in [7, 11) is 0. The number of rotatable bonds is 2. The summed E-state index contributed by atoms with van der Waals surface area (Å²) < 4.78 is 25.5. The summed E-state index contributed by atoms with van der Waals surface area (Å²) in [6.45, 7) is -0.166. The minimum Gasteiger partial charge on any atom is -0.344 e. The normalized spacial score (nSPS) is 9.69. The van der Waals surface area contributed by atoms with Gasteiger partial charge in [0.05, 0.1) is 0 Å². The summed E-state index contributed by atoms with van der Waals surface area (Å²) in [5, 5.41) is 2.14. The number of carbonyl (C=O) groups excluding carboxylic acids is 2. The van der Waals surface area contributed by atoms with Crippen LogP contribution in [0.1, 0.15) is 5.56 Å². The first-order valence-electron chi connectivity index (χ1n) is 4.26. The molecule has 0 aliphatic heterocycles. The van der Waals surface area contributed by atoms with E-state index in [9.17, 15) is 18.4 Å². The molecular weight excluding hydrogens is 220 g/mol. The maximum Gasteiger partial charge on any atom is 0.323 e. The number of nitrogens with one attached hydrogen (secondary N) is 2. The Hall–Kier alpha value is -2.02. The van der Waals surface area contributed by atoms with Crippen LogP contribution in [-0.2, 0) is 16.1 Å². The molecule has 0 unspecified atom stereocenters. The lowest BCUT2D eigenvalue weighted by Crippen LogP contribution is -2.42. The van der Waals surface area contributed by atoms with Crippen LogP contribution in [0.15, 0.2) is 18.2 Å². The average Bonchev–Trinajstić information content (AvgIpc) is 2.23. The fourth-order valence-corrected chi connectivity index (χ4v) is 1.04. The van der Waals surface area contributed by atoms with Crippen LogP contribution in [0, 0.1) is 11.6 Å². The lowest BCUT2D eigenvalue weighted by atomic mass is 10.2. The first-order valence-corrected chi connectivity index (χ1v) is 4.26. The maximum atomic E-state index is 12.7. The van der Waals surface area contributed by atoms with Crippen molar-refractivity contribution in [1.82, 2.24) is 10.7 Å². The maximum absolute atomic E-state index is 12.7. The zero-order valence-corrected chi connectivity index (χ0v) is 8.09. The topological polar surface area (TPSA) is 84.2 Å². The molecule has 0 aliphatic rings. The number of nitrogens with two attached hydrogens (primary N) is 1. The number of halogens is 2. The van der Waals surface area contributed by atoms with Crippen molar-refractivity contribution in [3.63, 3.8) is 0 Å². The molecule has 0 saturated carbocycles. The Labute approximate surface area is 89.6 Å². The van der Waals surface area contributed by atoms with E-state index in [1.807, 2.05) is 0 Å². The number of hydrazine groups is 1. The fraction of sp³-hybridized carbons (Fsp3) is 0.111. The van der Waals surface area contributed by atoms with E-state index in [0.717, 1.165) is 12.1 Å². The number of carbonyl (C=O) groups is 2. The number of hydrogen-bond donors (Lipinski definition) is 3. The van der Waals surface area contributed by atoms with Crippen molar-refractivity contribution in [2.45, 2.75) is 6.54 Å². The molecule has 0 radical (unpaired) electrons. The molecule has 1 rings (SSSR count). The van der Waals surface area contributed by atoms with Gasteiger partial charge in [-0.25, -0.2) is 14.6 Å². The Bertz CT molecular complexity index is 403.